The molecule has 0 heterocycles. The zero-order valence-corrected chi connectivity index (χ0v) is 6.77. The molecule has 0 spiro atoms. The highest BCUT2D eigenvalue weighted by Crippen LogP contribution is 2.01. The van der Waals surface area contributed by atoms with Gasteiger partial charge < -0.3 is 3.07 Å². The van der Waals surface area contributed by atoms with Gasteiger partial charge in [0, 0.05) is 5.57 Å². The van der Waals surface area contributed by atoms with Crippen molar-refractivity contribution >= 4 is 29.0 Å². The van der Waals surface area contributed by atoms with Gasteiger partial charge in [0.25, 0.3) is 0 Å². The summed E-state index contributed by atoms with van der Waals surface area (Å²) in [6.07, 6.45) is 0.655. The zero-order chi connectivity index (χ0) is 6.57. The van der Waals surface area contributed by atoms with E-state index in [-0.39, 0.29) is 5.97 Å². The number of hydrogen-bond acceptors (Lipinski definition) is 2. The Morgan fingerprint density at radius 1 is 1.88 bits per heavy atom. The lowest BCUT2D eigenvalue weighted by Crippen LogP contribution is -1.97. The molecular weight excluding hydrogens is 219 g/mol. The maximum atomic E-state index is 10.4. The van der Waals surface area contributed by atoms with Crippen molar-refractivity contribution in [3.05, 3.63) is 12.2 Å². The quantitative estimate of drug-likeness (QED) is 0.530. The van der Waals surface area contributed by atoms with Gasteiger partial charge in [-0.05, 0) is 6.42 Å². The molecule has 0 unspecified atom stereocenters. The van der Waals surface area contributed by atoms with E-state index in [2.05, 4.69) is 9.65 Å². The highest BCUT2D eigenvalue weighted by molar-refractivity contribution is 14.1. The van der Waals surface area contributed by atoms with Crippen molar-refractivity contribution in [2.24, 2.45) is 0 Å². The molecule has 0 amide bonds. The second kappa shape index (κ2) is 3.88. The summed E-state index contributed by atoms with van der Waals surface area (Å²) in [5.74, 6) is -0.326. The van der Waals surface area contributed by atoms with E-state index in [9.17, 15) is 4.79 Å². The third-order valence-corrected chi connectivity index (χ3v) is 1.19. The molecule has 3 heteroatoms. The summed E-state index contributed by atoms with van der Waals surface area (Å²) in [4.78, 5) is 10.4. The van der Waals surface area contributed by atoms with E-state index >= 15 is 0 Å². The summed E-state index contributed by atoms with van der Waals surface area (Å²) in [7, 11) is 0. The molecule has 0 aromatic rings. The average molecular weight is 226 g/mol. The van der Waals surface area contributed by atoms with Gasteiger partial charge in [-0.3, -0.25) is 0 Å². The van der Waals surface area contributed by atoms with E-state index in [0.717, 1.165) is 0 Å². The minimum atomic E-state index is -0.326. The Labute approximate surface area is 62.6 Å². The van der Waals surface area contributed by atoms with Gasteiger partial charge in [-0.1, -0.05) is 13.5 Å². The second-order valence-corrected chi connectivity index (χ2v) is 1.76. The van der Waals surface area contributed by atoms with E-state index in [1.54, 1.807) is 23.0 Å². The van der Waals surface area contributed by atoms with E-state index in [0.29, 0.717) is 12.0 Å². The Hall–Kier alpha value is -0.0600. The summed E-state index contributed by atoms with van der Waals surface area (Å²) < 4.78 is 4.33. The van der Waals surface area contributed by atoms with Crippen molar-refractivity contribution in [2.75, 3.05) is 0 Å². The molecule has 0 bridgehead atoms. The number of hydrogen-bond donors (Lipinski definition) is 0. The van der Waals surface area contributed by atoms with Gasteiger partial charge in [-0.15, -0.1) is 0 Å². The van der Waals surface area contributed by atoms with Crippen LogP contribution in [0.5, 0.6) is 0 Å². The molecule has 2 nitrogen and oxygen atoms in total. The van der Waals surface area contributed by atoms with Crippen molar-refractivity contribution in [1.29, 1.82) is 0 Å². The lowest BCUT2D eigenvalue weighted by molar-refractivity contribution is -0.127. The van der Waals surface area contributed by atoms with Gasteiger partial charge in [0.1, 0.15) is 0 Å². The van der Waals surface area contributed by atoms with Crippen LogP contribution < -0.4 is 0 Å². The molecule has 0 saturated carbocycles. The summed E-state index contributed by atoms with van der Waals surface area (Å²) >= 11 is 1.54. The molecule has 0 aromatic carbocycles. The first-order valence-electron chi connectivity index (χ1n) is 2.23. The third kappa shape index (κ3) is 2.30. The molecule has 0 saturated heterocycles. The maximum Gasteiger partial charge on any atom is 0.342 e. The standard InChI is InChI=1S/C5H7IO2/c1-3-4(2)5(7)8-6/h2-3H2,1H3. The molecule has 46 valence electrons. The Morgan fingerprint density at radius 3 is 2.50 bits per heavy atom. The van der Waals surface area contributed by atoms with Crippen molar-refractivity contribution < 1.29 is 7.86 Å². The predicted molar refractivity (Wildman–Crippen MR) is 39.5 cm³/mol. The minimum absolute atomic E-state index is 0.326. The topological polar surface area (TPSA) is 26.3 Å². The van der Waals surface area contributed by atoms with E-state index in [1.165, 1.54) is 0 Å². The predicted octanol–water partition coefficient (Wildman–Crippen LogP) is 1.85. The number of rotatable bonds is 2. The molecule has 0 rings (SSSR count). The number of carbonyl (C=O) groups is 1. The Balaban J connectivity index is 3.64. The van der Waals surface area contributed by atoms with Crippen LogP contribution in [0.4, 0.5) is 0 Å². The SMILES string of the molecule is C=C(CC)C(=O)OI. The van der Waals surface area contributed by atoms with Crippen LogP contribution in [0.15, 0.2) is 12.2 Å². The van der Waals surface area contributed by atoms with Crippen molar-refractivity contribution in [3.8, 4) is 0 Å². The molecule has 8 heavy (non-hydrogen) atoms. The fourth-order valence-corrected chi connectivity index (χ4v) is 0.510. The Bertz CT molecular complexity index is 95.0. The first-order valence-corrected chi connectivity index (χ1v) is 3.11. The Morgan fingerprint density at radius 2 is 2.38 bits per heavy atom. The van der Waals surface area contributed by atoms with Gasteiger partial charge >= 0.3 is 5.97 Å². The number of halogens is 1. The van der Waals surface area contributed by atoms with Crippen molar-refractivity contribution in [2.45, 2.75) is 13.3 Å². The molecule has 0 atom stereocenters. The zero-order valence-electron chi connectivity index (χ0n) is 4.61. The summed E-state index contributed by atoms with van der Waals surface area (Å²) in [6.45, 7) is 5.32. The highest BCUT2D eigenvalue weighted by Gasteiger charge is 2.02. The highest BCUT2D eigenvalue weighted by atomic mass is 127. The van der Waals surface area contributed by atoms with Gasteiger partial charge in [0.05, 0.1) is 0 Å². The summed E-state index contributed by atoms with van der Waals surface area (Å²) in [6, 6.07) is 0. The largest absolute Gasteiger partial charge is 0.391 e. The van der Waals surface area contributed by atoms with Crippen molar-refractivity contribution in [3.63, 3.8) is 0 Å². The fraction of sp³-hybridized carbons (Fsp3) is 0.400. The second-order valence-electron chi connectivity index (χ2n) is 1.32. The molecule has 0 aliphatic rings. The molecule has 0 aromatic heterocycles. The summed E-state index contributed by atoms with van der Waals surface area (Å²) in [5, 5.41) is 0. The molecule has 0 fully saturated rings. The van der Waals surface area contributed by atoms with Crippen molar-refractivity contribution in [1.82, 2.24) is 0 Å². The van der Waals surface area contributed by atoms with E-state index in [1.807, 2.05) is 6.92 Å². The van der Waals surface area contributed by atoms with Crippen LogP contribution in [0.25, 0.3) is 0 Å². The van der Waals surface area contributed by atoms with E-state index < -0.39 is 0 Å². The van der Waals surface area contributed by atoms with Crippen LogP contribution >= 0.6 is 23.0 Å². The van der Waals surface area contributed by atoms with Gasteiger partial charge in [-0.25, -0.2) is 4.79 Å². The third-order valence-electron chi connectivity index (χ3n) is 0.786. The van der Waals surface area contributed by atoms with Crippen LogP contribution in [0, 0.1) is 0 Å². The first-order chi connectivity index (χ1) is 3.72. The molecule has 0 aliphatic heterocycles. The first kappa shape index (κ1) is 7.94. The average Bonchev–Trinajstić information content (AvgIpc) is 1.84. The fourth-order valence-electron chi connectivity index (χ4n) is 0.199. The van der Waals surface area contributed by atoms with Crippen LogP contribution in [0.2, 0.25) is 0 Å². The van der Waals surface area contributed by atoms with E-state index in [4.69, 9.17) is 0 Å². The minimum Gasteiger partial charge on any atom is -0.391 e. The Kier molecular flexibility index (Phi) is 3.85. The molecule has 0 radical (unpaired) electrons. The summed E-state index contributed by atoms with van der Waals surface area (Å²) in [5.41, 5.74) is 0.513. The number of carbonyl (C=O) groups excluding carboxylic acids is 1. The molecule has 0 N–H and O–H groups in total. The van der Waals surface area contributed by atoms with Gasteiger partial charge in [-0.2, -0.15) is 0 Å². The van der Waals surface area contributed by atoms with Gasteiger partial charge in [0.2, 0.25) is 0 Å². The monoisotopic (exact) mass is 226 g/mol. The molecular formula is C5H7IO2. The lowest BCUT2D eigenvalue weighted by Gasteiger charge is -1.93. The van der Waals surface area contributed by atoms with Crippen LogP contribution in [0.1, 0.15) is 13.3 Å². The molecule has 0 aliphatic carbocycles. The smallest absolute Gasteiger partial charge is 0.342 e. The van der Waals surface area contributed by atoms with Crippen LogP contribution in [-0.4, -0.2) is 5.97 Å². The van der Waals surface area contributed by atoms with Crippen LogP contribution in [-0.2, 0) is 7.86 Å². The normalized spacial score (nSPS) is 8.25. The van der Waals surface area contributed by atoms with Crippen LogP contribution in [0.3, 0.4) is 0 Å². The lowest BCUT2D eigenvalue weighted by atomic mass is 10.2. The maximum absolute atomic E-state index is 10.4. The van der Waals surface area contributed by atoms with Gasteiger partial charge in [0.15, 0.2) is 23.0 Å².